The molecule has 0 radical (unpaired) electrons. The second-order valence-electron chi connectivity index (χ2n) is 5.92. The average Bonchev–Trinajstić information content (AvgIpc) is 2.89. The Morgan fingerprint density at radius 2 is 1.96 bits per heavy atom. The molecule has 0 bridgehead atoms. The molecular formula is C13H20N3O9P. The maximum Gasteiger partial charge on any atom is 0.405 e. The van der Waals surface area contributed by atoms with Crippen molar-refractivity contribution in [2.75, 3.05) is 32.9 Å². The second kappa shape index (κ2) is 7.71. The van der Waals surface area contributed by atoms with Crippen LogP contribution in [0.1, 0.15) is 6.23 Å². The van der Waals surface area contributed by atoms with Crippen molar-refractivity contribution in [2.45, 2.75) is 24.5 Å². The minimum Gasteiger partial charge on any atom is -0.387 e. The number of morpholine rings is 1. The summed E-state index contributed by atoms with van der Waals surface area (Å²) in [4.78, 5) is 35.0. The maximum absolute atomic E-state index is 12.3. The Labute approximate surface area is 147 Å². The molecule has 4 N–H and O–H groups in total. The van der Waals surface area contributed by atoms with Gasteiger partial charge in [0.1, 0.15) is 18.3 Å². The van der Waals surface area contributed by atoms with Crippen molar-refractivity contribution in [3.63, 3.8) is 0 Å². The van der Waals surface area contributed by atoms with Crippen molar-refractivity contribution >= 4 is 7.75 Å². The zero-order chi connectivity index (χ0) is 18.9. The molecule has 2 fully saturated rings. The number of rotatable bonds is 5. The van der Waals surface area contributed by atoms with Crippen LogP contribution < -0.4 is 11.2 Å². The van der Waals surface area contributed by atoms with Crippen molar-refractivity contribution in [2.24, 2.45) is 0 Å². The molecule has 146 valence electrons. The van der Waals surface area contributed by atoms with Crippen molar-refractivity contribution in [3.8, 4) is 0 Å². The highest BCUT2D eigenvalue weighted by molar-refractivity contribution is 7.50. The van der Waals surface area contributed by atoms with Crippen molar-refractivity contribution < 1.29 is 33.7 Å². The van der Waals surface area contributed by atoms with Gasteiger partial charge in [-0.05, 0) is 0 Å². The number of aromatic amines is 1. The van der Waals surface area contributed by atoms with Crippen LogP contribution in [0.15, 0.2) is 21.9 Å². The third kappa shape index (κ3) is 3.97. The van der Waals surface area contributed by atoms with Gasteiger partial charge in [0.25, 0.3) is 5.56 Å². The smallest absolute Gasteiger partial charge is 0.387 e. The minimum atomic E-state index is -4.11. The molecule has 0 saturated carbocycles. The number of ether oxygens (including phenoxy) is 2. The average molecular weight is 393 g/mol. The molecule has 2 aliphatic heterocycles. The third-order valence-electron chi connectivity index (χ3n) is 4.21. The molecule has 1 aromatic heterocycles. The Hall–Kier alpha value is -1.37. The van der Waals surface area contributed by atoms with Crippen molar-refractivity contribution in [1.82, 2.24) is 14.2 Å². The van der Waals surface area contributed by atoms with Gasteiger partial charge in [-0.25, -0.2) is 14.0 Å². The molecule has 2 aliphatic rings. The molecular weight excluding hydrogens is 373 g/mol. The number of H-pyrrole nitrogens is 1. The molecule has 13 heteroatoms. The molecule has 12 nitrogen and oxygen atoms in total. The Balaban J connectivity index is 1.67. The first-order valence-corrected chi connectivity index (χ1v) is 9.46. The van der Waals surface area contributed by atoms with Crippen LogP contribution in [0.2, 0.25) is 0 Å². The summed E-state index contributed by atoms with van der Waals surface area (Å²) in [6.07, 6.45) is -4.24. The molecule has 0 amide bonds. The molecule has 1 aromatic rings. The van der Waals surface area contributed by atoms with Gasteiger partial charge < -0.3 is 24.6 Å². The van der Waals surface area contributed by atoms with E-state index in [-0.39, 0.29) is 13.1 Å². The van der Waals surface area contributed by atoms with Crippen molar-refractivity contribution in [3.05, 3.63) is 33.1 Å². The zero-order valence-corrected chi connectivity index (χ0v) is 14.5. The fourth-order valence-electron chi connectivity index (χ4n) is 2.78. The summed E-state index contributed by atoms with van der Waals surface area (Å²) < 4.78 is 30.0. The van der Waals surface area contributed by atoms with E-state index in [1.165, 1.54) is 4.67 Å². The van der Waals surface area contributed by atoms with Crippen LogP contribution >= 0.6 is 7.75 Å². The van der Waals surface area contributed by atoms with Gasteiger partial charge in [-0.3, -0.25) is 18.9 Å². The highest BCUT2D eigenvalue weighted by Gasteiger charge is 2.45. The van der Waals surface area contributed by atoms with Crippen LogP contribution in [0.5, 0.6) is 0 Å². The second-order valence-corrected chi connectivity index (χ2v) is 7.72. The summed E-state index contributed by atoms with van der Waals surface area (Å²) in [5.74, 6) is 0. The number of nitrogens with zero attached hydrogens (tertiary/aromatic N) is 2. The summed E-state index contributed by atoms with van der Waals surface area (Å²) in [6.45, 7) is 0.566. The molecule has 3 heterocycles. The predicted octanol–water partition coefficient (Wildman–Crippen LogP) is -2.39. The summed E-state index contributed by atoms with van der Waals surface area (Å²) in [7, 11) is -4.11. The summed E-state index contributed by atoms with van der Waals surface area (Å²) in [6, 6.07) is 1.06. The monoisotopic (exact) mass is 393 g/mol. The minimum absolute atomic E-state index is 0.222. The van der Waals surface area contributed by atoms with Crippen LogP contribution in [0, 0.1) is 0 Å². The maximum atomic E-state index is 12.3. The first-order valence-electron chi connectivity index (χ1n) is 7.93. The summed E-state index contributed by atoms with van der Waals surface area (Å²) >= 11 is 0. The molecule has 2 saturated heterocycles. The Morgan fingerprint density at radius 3 is 2.62 bits per heavy atom. The molecule has 0 aromatic carbocycles. The van der Waals surface area contributed by atoms with Gasteiger partial charge in [0.15, 0.2) is 6.23 Å². The van der Waals surface area contributed by atoms with Crippen LogP contribution in [0.3, 0.4) is 0 Å². The highest BCUT2D eigenvalue weighted by Crippen LogP contribution is 2.47. The molecule has 26 heavy (non-hydrogen) atoms. The van der Waals surface area contributed by atoms with E-state index >= 15 is 0 Å². The van der Waals surface area contributed by atoms with Crippen LogP contribution in [-0.4, -0.2) is 80.6 Å². The van der Waals surface area contributed by atoms with Gasteiger partial charge in [-0.2, -0.15) is 0 Å². The number of hydrogen-bond acceptors (Lipinski definition) is 8. The van der Waals surface area contributed by atoms with Gasteiger partial charge in [0.05, 0.1) is 19.8 Å². The van der Waals surface area contributed by atoms with E-state index in [9.17, 15) is 29.3 Å². The molecule has 3 rings (SSSR count). The largest absolute Gasteiger partial charge is 0.405 e. The first-order chi connectivity index (χ1) is 12.3. The molecule has 0 aliphatic carbocycles. The van der Waals surface area contributed by atoms with Gasteiger partial charge in [0, 0.05) is 25.4 Å². The number of aliphatic hydroxyl groups excluding tert-OH is 2. The SMILES string of the molecule is O=c1ccn([C@@H]2O[C@H](COP(=O)(O)N3CCOCC3)C(O)C2O)c(=O)[nH]1. The third-order valence-corrected chi connectivity index (χ3v) is 5.81. The fraction of sp³-hybridized carbons (Fsp3) is 0.692. The molecule has 3 unspecified atom stereocenters. The number of aliphatic hydroxyl groups is 2. The molecule has 5 atom stereocenters. The Morgan fingerprint density at radius 1 is 1.27 bits per heavy atom. The number of aromatic nitrogens is 2. The predicted molar refractivity (Wildman–Crippen MR) is 85.4 cm³/mol. The first kappa shape index (κ1) is 19.4. The van der Waals surface area contributed by atoms with Crippen LogP contribution in [0.4, 0.5) is 0 Å². The van der Waals surface area contributed by atoms with E-state index in [1.807, 2.05) is 4.98 Å². The van der Waals surface area contributed by atoms with E-state index in [0.717, 1.165) is 16.8 Å². The van der Waals surface area contributed by atoms with E-state index in [4.69, 9.17) is 14.0 Å². The lowest BCUT2D eigenvalue weighted by Crippen LogP contribution is -2.38. The normalized spacial score (nSPS) is 32.4. The van der Waals surface area contributed by atoms with E-state index in [1.54, 1.807) is 0 Å². The molecule has 0 spiro atoms. The quantitative estimate of drug-likeness (QED) is 0.397. The van der Waals surface area contributed by atoms with E-state index in [0.29, 0.717) is 13.2 Å². The lowest BCUT2D eigenvalue weighted by atomic mass is 10.1. The van der Waals surface area contributed by atoms with Gasteiger partial charge in [-0.15, -0.1) is 0 Å². The van der Waals surface area contributed by atoms with Crippen LogP contribution in [-0.2, 0) is 18.6 Å². The standard InChI is InChI=1S/C13H20N3O9P/c17-9-1-2-16(13(20)14-9)12-11(19)10(18)8(25-12)7-24-26(21,22)15-3-5-23-6-4-15/h1-2,8,10-12,18-19H,3-7H2,(H,21,22)(H,14,17,20)/t8-,10?,11?,12-/m1/s1. The fourth-order valence-corrected chi connectivity index (χ4v) is 3.96. The van der Waals surface area contributed by atoms with E-state index in [2.05, 4.69) is 0 Å². The number of nitrogens with one attached hydrogen (secondary N) is 1. The van der Waals surface area contributed by atoms with E-state index < -0.39 is 50.1 Å². The topological polar surface area (TPSA) is 164 Å². The highest BCUT2D eigenvalue weighted by atomic mass is 31.2. The number of hydrogen-bond donors (Lipinski definition) is 4. The Kier molecular flexibility index (Phi) is 5.75. The Bertz CT molecular complexity index is 790. The summed E-state index contributed by atoms with van der Waals surface area (Å²) in [5, 5.41) is 20.2. The lowest BCUT2D eigenvalue weighted by Gasteiger charge is -2.30. The van der Waals surface area contributed by atoms with Gasteiger partial charge in [0.2, 0.25) is 0 Å². The van der Waals surface area contributed by atoms with Gasteiger partial charge in [-0.1, -0.05) is 0 Å². The zero-order valence-electron chi connectivity index (χ0n) is 13.6. The van der Waals surface area contributed by atoms with Crippen LogP contribution in [0.25, 0.3) is 0 Å². The van der Waals surface area contributed by atoms with Crippen molar-refractivity contribution in [1.29, 1.82) is 0 Å². The lowest BCUT2D eigenvalue weighted by molar-refractivity contribution is -0.0545. The van der Waals surface area contributed by atoms with Gasteiger partial charge >= 0.3 is 13.4 Å². The summed E-state index contributed by atoms with van der Waals surface area (Å²) in [5.41, 5.74) is -1.44.